The van der Waals surface area contributed by atoms with Crippen LogP contribution in [0.5, 0.6) is 0 Å². The topological polar surface area (TPSA) is 50.8 Å². The highest BCUT2D eigenvalue weighted by Gasteiger charge is 2.21. The molecule has 0 aliphatic heterocycles. The molecule has 0 radical (unpaired) electrons. The summed E-state index contributed by atoms with van der Waals surface area (Å²) < 4.78 is 20.8. The second-order valence-corrected chi connectivity index (χ2v) is 7.00. The molecular weight excluding hydrogens is 433 g/mol. The van der Waals surface area contributed by atoms with E-state index in [0.717, 1.165) is 19.4 Å². The van der Waals surface area contributed by atoms with Crippen molar-refractivity contribution < 1.29 is 10.3 Å². The zero-order valence-corrected chi connectivity index (χ0v) is 13.4. The second kappa shape index (κ2) is 8.66. The molecule has 0 atom stereocenters. The first-order valence-electron chi connectivity index (χ1n) is 4.14. The summed E-state index contributed by atoms with van der Waals surface area (Å²) in [6, 6.07) is 0. The van der Waals surface area contributed by atoms with Crippen LogP contribution in [0, 0.1) is 0 Å². The normalized spacial score (nSPS) is 12.4. The summed E-state index contributed by atoms with van der Waals surface area (Å²) in [5, 5.41) is 2.75. The Morgan fingerprint density at radius 3 is 2.29 bits per heavy atom. The minimum absolute atomic E-state index is 0.636. The molecule has 0 unspecified atom stereocenters. The zero-order valence-electron chi connectivity index (χ0n) is 8.20. The molecule has 0 aliphatic carbocycles. The number of nitrogens with one attached hydrogen (secondary N) is 1. The van der Waals surface area contributed by atoms with Gasteiger partial charge in [0.15, 0.2) is 0 Å². The van der Waals surface area contributed by atoms with Crippen molar-refractivity contribution in [1.29, 1.82) is 0 Å². The molecule has 8 heteroatoms. The fraction of sp³-hybridized carbons (Fsp3) is 1.00. The molecule has 0 aromatic heterocycles. The van der Waals surface area contributed by atoms with E-state index >= 15 is 0 Å². The number of halogens is 2. The van der Waals surface area contributed by atoms with E-state index in [1.807, 2.05) is 14.1 Å². The Labute approximate surface area is 113 Å². The van der Waals surface area contributed by atoms with Crippen LogP contribution in [-0.4, -0.2) is 32.1 Å². The van der Waals surface area contributed by atoms with Gasteiger partial charge in [0.25, 0.3) is 0 Å². The maximum absolute atomic E-state index is 11.5. The molecule has 0 spiro atoms. The predicted molar refractivity (Wildman–Crippen MR) is 73.6 cm³/mol. The van der Waals surface area contributed by atoms with E-state index in [0.29, 0.717) is 6.54 Å². The highest BCUT2D eigenvalue weighted by molar-refractivity contribution is 14.1. The van der Waals surface area contributed by atoms with E-state index < -0.39 is 7.75 Å². The van der Waals surface area contributed by atoms with E-state index in [1.165, 1.54) is 0 Å². The van der Waals surface area contributed by atoms with Crippen LogP contribution in [0.4, 0.5) is 0 Å². The van der Waals surface area contributed by atoms with Gasteiger partial charge in [0.05, 0.1) is 0 Å². The lowest BCUT2D eigenvalue weighted by Crippen LogP contribution is -2.16. The average Bonchev–Trinajstić information content (AvgIpc) is 2.16. The van der Waals surface area contributed by atoms with E-state index in [9.17, 15) is 4.57 Å². The lowest BCUT2D eigenvalue weighted by atomic mass is 10.3. The Bertz CT molecular complexity index is 186. The van der Waals surface area contributed by atoms with Crippen molar-refractivity contribution in [1.82, 2.24) is 9.99 Å². The van der Waals surface area contributed by atoms with Crippen molar-refractivity contribution in [3.05, 3.63) is 0 Å². The summed E-state index contributed by atoms with van der Waals surface area (Å²) in [6.07, 6.45) is 2.00. The molecule has 0 rings (SSSR count). The number of nitrogens with zero attached hydrogens (tertiary/aromatic N) is 1. The van der Waals surface area contributed by atoms with Gasteiger partial charge in [-0.3, -0.25) is 0 Å². The molecule has 86 valence electrons. The monoisotopic (exact) mass is 448 g/mol. The molecule has 0 aromatic carbocycles. The molecule has 0 heterocycles. The Morgan fingerprint density at radius 1 is 1.29 bits per heavy atom. The third-order valence-electron chi connectivity index (χ3n) is 1.52. The molecule has 0 aliphatic rings. The van der Waals surface area contributed by atoms with Gasteiger partial charge >= 0.3 is 7.75 Å². The van der Waals surface area contributed by atoms with Gasteiger partial charge in [0.2, 0.25) is 0 Å². The fourth-order valence-electron chi connectivity index (χ4n) is 0.828. The first-order valence-corrected chi connectivity index (χ1v) is 7.45. The lowest BCUT2D eigenvalue weighted by molar-refractivity contribution is 0.391. The van der Waals surface area contributed by atoms with E-state index in [2.05, 4.69) is 15.7 Å². The standard InChI is InChI=1S/C6H15I2N2O3P/c1-10(2)6-4-3-5-9-14(11,12-7)13-8/h3-6H2,1-2H3,(H,9,11). The van der Waals surface area contributed by atoms with Crippen molar-refractivity contribution in [2.75, 3.05) is 27.2 Å². The third-order valence-corrected chi connectivity index (χ3v) is 5.60. The first-order chi connectivity index (χ1) is 6.54. The van der Waals surface area contributed by atoms with Crippen molar-refractivity contribution in [2.45, 2.75) is 12.8 Å². The van der Waals surface area contributed by atoms with Crippen molar-refractivity contribution >= 4 is 53.8 Å². The Morgan fingerprint density at radius 2 is 1.86 bits per heavy atom. The van der Waals surface area contributed by atoms with E-state index in [-0.39, 0.29) is 0 Å². The maximum atomic E-state index is 11.5. The van der Waals surface area contributed by atoms with Crippen molar-refractivity contribution in [3.63, 3.8) is 0 Å². The number of hydrogen-bond acceptors (Lipinski definition) is 4. The summed E-state index contributed by atoms with van der Waals surface area (Å²) >= 11 is 3.15. The van der Waals surface area contributed by atoms with Gasteiger partial charge < -0.3 is 4.90 Å². The van der Waals surface area contributed by atoms with Crippen LogP contribution in [0.25, 0.3) is 0 Å². The second-order valence-electron chi connectivity index (χ2n) is 3.05. The van der Waals surface area contributed by atoms with Crippen LogP contribution in [0.2, 0.25) is 0 Å². The first kappa shape index (κ1) is 15.5. The highest BCUT2D eigenvalue weighted by atomic mass is 127. The molecule has 0 saturated heterocycles. The molecule has 5 nitrogen and oxygen atoms in total. The Kier molecular flexibility index (Phi) is 9.60. The van der Waals surface area contributed by atoms with E-state index in [4.69, 9.17) is 0 Å². The predicted octanol–water partition coefficient (Wildman–Crippen LogP) is 2.76. The van der Waals surface area contributed by atoms with Crippen molar-refractivity contribution in [3.8, 4) is 0 Å². The minimum atomic E-state index is -3.04. The summed E-state index contributed by atoms with van der Waals surface area (Å²) in [4.78, 5) is 2.11. The lowest BCUT2D eigenvalue weighted by Gasteiger charge is -2.12. The highest BCUT2D eigenvalue weighted by Crippen LogP contribution is 2.48. The van der Waals surface area contributed by atoms with Gasteiger partial charge in [-0.25, -0.2) is 15.4 Å². The van der Waals surface area contributed by atoms with Crippen LogP contribution in [0.3, 0.4) is 0 Å². The molecule has 0 aromatic rings. The van der Waals surface area contributed by atoms with Crippen LogP contribution in [0.15, 0.2) is 0 Å². The van der Waals surface area contributed by atoms with Crippen LogP contribution < -0.4 is 5.09 Å². The van der Waals surface area contributed by atoms with Crippen LogP contribution in [-0.2, 0) is 10.3 Å². The average molecular weight is 448 g/mol. The summed E-state index contributed by atoms with van der Waals surface area (Å²) in [5.74, 6) is 0. The quantitative estimate of drug-likeness (QED) is 0.352. The van der Waals surface area contributed by atoms with Gasteiger partial charge in [0.1, 0.15) is 46.0 Å². The van der Waals surface area contributed by atoms with Crippen LogP contribution in [0.1, 0.15) is 12.8 Å². The van der Waals surface area contributed by atoms with Gasteiger partial charge in [-0.2, -0.15) is 0 Å². The van der Waals surface area contributed by atoms with Gasteiger partial charge in [-0.15, -0.1) is 0 Å². The molecule has 14 heavy (non-hydrogen) atoms. The molecule has 0 bridgehead atoms. The van der Waals surface area contributed by atoms with Gasteiger partial charge in [-0.05, 0) is 33.5 Å². The smallest absolute Gasteiger partial charge is 0.309 e. The summed E-state index contributed by atoms with van der Waals surface area (Å²) in [6.45, 7) is 1.67. The van der Waals surface area contributed by atoms with Gasteiger partial charge in [0, 0.05) is 6.54 Å². The SMILES string of the molecule is CN(C)CCCCNP(=O)(OI)OI. The van der Waals surface area contributed by atoms with Crippen LogP contribution >= 0.6 is 53.8 Å². The molecule has 0 saturated carbocycles. The molecule has 0 amide bonds. The Balaban J connectivity index is 3.48. The zero-order chi connectivity index (χ0) is 11.0. The third kappa shape index (κ3) is 7.77. The number of rotatable bonds is 8. The molecule has 0 fully saturated rings. The molecular formula is C6H15I2N2O3P. The minimum Gasteiger partial charge on any atom is -0.309 e. The fourth-order valence-corrected chi connectivity index (χ4v) is 3.62. The maximum Gasteiger partial charge on any atom is 0.424 e. The number of unbranched alkanes of at least 4 members (excludes halogenated alkanes) is 1. The summed E-state index contributed by atoms with van der Waals surface area (Å²) in [7, 11) is 1.02. The summed E-state index contributed by atoms with van der Waals surface area (Å²) in [5.41, 5.74) is 0. The largest absolute Gasteiger partial charge is 0.424 e. The number of hydrogen-bond donors (Lipinski definition) is 1. The van der Waals surface area contributed by atoms with Crippen molar-refractivity contribution in [2.24, 2.45) is 0 Å². The Hall–Kier alpha value is 1.53. The molecule has 1 N–H and O–H groups in total. The van der Waals surface area contributed by atoms with Gasteiger partial charge in [-0.1, -0.05) is 0 Å². The van der Waals surface area contributed by atoms with E-state index in [1.54, 1.807) is 46.0 Å².